The van der Waals surface area contributed by atoms with E-state index >= 15 is 0 Å². The average molecular weight is 252 g/mol. The van der Waals surface area contributed by atoms with Gasteiger partial charge in [0.2, 0.25) is 0 Å². The Hall–Kier alpha value is -2.42. The Morgan fingerprint density at radius 3 is 2.44 bits per heavy atom. The molecule has 1 rings (SSSR count). The molecule has 0 saturated heterocycles. The van der Waals surface area contributed by atoms with Gasteiger partial charge in [-0.05, 0) is 12.1 Å². The molecule has 0 atom stereocenters. The van der Waals surface area contributed by atoms with Gasteiger partial charge in [0.15, 0.2) is 0 Å². The van der Waals surface area contributed by atoms with E-state index in [1.165, 1.54) is 11.0 Å². The maximum Gasteiger partial charge on any atom is 0.337 e. The van der Waals surface area contributed by atoms with Crippen LogP contribution < -0.4 is 0 Å². The van der Waals surface area contributed by atoms with Gasteiger partial charge in [0.1, 0.15) is 17.7 Å². The summed E-state index contributed by atoms with van der Waals surface area (Å²) in [5.41, 5.74) is -1.25. The van der Waals surface area contributed by atoms with Crippen molar-refractivity contribution in [2.45, 2.75) is 0 Å². The minimum absolute atomic E-state index is 0.388. The highest BCUT2D eigenvalue weighted by Gasteiger charge is 2.18. The zero-order valence-electron chi connectivity index (χ0n) is 9.74. The van der Waals surface area contributed by atoms with E-state index < -0.39 is 28.7 Å². The zero-order chi connectivity index (χ0) is 13.9. The number of carbonyl (C=O) groups is 1. The van der Waals surface area contributed by atoms with E-state index in [1.54, 1.807) is 14.1 Å². The van der Waals surface area contributed by atoms with E-state index in [9.17, 15) is 13.6 Å². The summed E-state index contributed by atoms with van der Waals surface area (Å²) in [6.45, 7) is 0. The van der Waals surface area contributed by atoms with Gasteiger partial charge in [-0.15, -0.1) is 0 Å². The number of hydrogen-bond donors (Lipinski definition) is 1. The number of carboxylic acid groups (broad SMARTS) is 1. The average Bonchev–Trinajstić information content (AvgIpc) is 2.28. The number of aliphatic carboxylic acids is 1. The number of rotatable bonds is 3. The van der Waals surface area contributed by atoms with E-state index in [-0.39, 0.29) is 5.57 Å². The normalized spacial score (nSPS) is 10.9. The highest BCUT2D eigenvalue weighted by Crippen LogP contribution is 2.22. The number of benzene rings is 1. The summed E-state index contributed by atoms with van der Waals surface area (Å²) in [5, 5.41) is 17.5. The summed E-state index contributed by atoms with van der Waals surface area (Å²) < 4.78 is 27.0. The Kier molecular flexibility index (Phi) is 4.00. The summed E-state index contributed by atoms with van der Waals surface area (Å²) in [7, 11) is 3.11. The van der Waals surface area contributed by atoms with E-state index in [1.807, 2.05) is 0 Å². The number of carboxylic acids is 1. The lowest BCUT2D eigenvalue weighted by Crippen LogP contribution is -2.10. The van der Waals surface area contributed by atoms with Crippen LogP contribution in [0.5, 0.6) is 0 Å². The van der Waals surface area contributed by atoms with Gasteiger partial charge >= 0.3 is 5.97 Å². The number of nitrogens with zero attached hydrogens (tertiary/aromatic N) is 2. The van der Waals surface area contributed by atoms with Crippen molar-refractivity contribution in [3.63, 3.8) is 0 Å². The monoisotopic (exact) mass is 252 g/mol. The largest absolute Gasteiger partial charge is 0.478 e. The van der Waals surface area contributed by atoms with Gasteiger partial charge in [-0.1, -0.05) is 0 Å². The quantitative estimate of drug-likeness (QED) is 0.833. The Labute approximate surface area is 102 Å². The van der Waals surface area contributed by atoms with Gasteiger partial charge < -0.3 is 10.0 Å². The van der Waals surface area contributed by atoms with Crippen molar-refractivity contribution < 1.29 is 18.7 Å². The maximum atomic E-state index is 13.6. The Morgan fingerprint density at radius 2 is 2.00 bits per heavy atom. The van der Waals surface area contributed by atoms with Crippen LogP contribution in [0.3, 0.4) is 0 Å². The van der Waals surface area contributed by atoms with Gasteiger partial charge in [-0.25, -0.2) is 13.6 Å². The molecule has 0 aromatic heterocycles. The van der Waals surface area contributed by atoms with Crippen LogP contribution in [0, 0.1) is 23.0 Å². The third kappa shape index (κ3) is 2.83. The second-order valence-corrected chi connectivity index (χ2v) is 3.74. The van der Waals surface area contributed by atoms with Crippen LogP contribution in [0.15, 0.2) is 18.3 Å². The van der Waals surface area contributed by atoms with Crippen LogP contribution >= 0.6 is 0 Å². The second kappa shape index (κ2) is 5.27. The fourth-order valence-electron chi connectivity index (χ4n) is 1.34. The summed E-state index contributed by atoms with van der Waals surface area (Å²) in [5.74, 6) is -3.30. The molecule has 94 valence electrons. The molecule has 1 aromatic rings. The number of halogens is 2. The molecule has 0 aliphatic carbocycles. The lowest BCUT2D eigenvalue weighted by Gasteiger charge is -2.10. The molecule has 0 heterocycles. The molecule has 1 aromatic carbocycles. The SMILES string of the molecule is CN(C)/C=C(/C(=O)O)c1cc(F)c(C#N)cc1F. The van der Waals surface area contributed by atoms with Gasteiger partial charge in [0, 0.05) is 25.9 Å². The van der Waals surface area contributed by atoms with Gasteiger partial charge in [-0.3, -0.25) is 0 Å². The molecule has 0 amide bonds. The molecule has 0 unspecified atom stereocenters. The molecule has 0 radical (unpaired) electrons. The fourth-order valence-corrected chi connectivity index (χ4v) is 1.34. The van der Waals surface area contributed by atoms with Crippen molar-refractivity contribution in [1.29, 1.82) is 5.26 Å². The molecular weight excluding hydrogens is 242 g/mol. The second-order valence-electron chi connectivity index (χ2n) is 3.74. The highest BCUT2D eigenvalue weighted by molar-refractivity contribution is 6.15. The van der Waals surface area contributed by atoms with E-state index in [4.69, 9.17) is 10.4 Å². The highest BCUT2D eigenvalue weighted by atomic mass is 19.1. The van der Waals surface area contributed by atoms with Crippen LogP contribution in [0.25, 0.3) is 5.57 Å². The van der Waals surface area contributed by atoms with Crippen molar-refractivity contribution in [3.05, 3.63) is 41.1 Å². The lowest BCUT2D eigenvalue weighted by molar-refractivity contribution is -0.130. The van der Waals surface area contributed by atoms with E-state index in [0.717, 1.165) is 6.20 Å². The molecule has 0 aliphatic rings. The summed E-state index contributed by atoms with van der Waals surface area (Å²) >= 11 is 0. The Balaban J connectivity index is 3.45. The fraction of sp³-hybridized carbons (Fsp3) is 0.167. The summed E-state index contributed by atoms with van der Waals surface area (Å²) in [4.78, 5) is 12.4. The first-order valence-electron chi connectivity index (χ1n) is 4.88. The molecule has 0 bridgehead atoms. The standard InChI is InChI=1S/C12H10F2N2O2/c1-16(2)6-9(12(17)18)8-4-10(13)7(5-15)3-11(8)14/h3-4,6H,1-2H3,(H,17,18)/b9-6+. The molecular formula is C12H10F2N2O2. The van der Waals surface area contributed by atoms with Gasteiger partial charge in [0.25, 0.3) is 0 Å². The predicted octanol–water partition coefficient (Wildman–Crippen LogP) is 1.82. The first-order valence-corrected chi connectivity index (χ1v) is 4.88. The molecule has 0 spiro atoms. The van der Waals surface area contributed by atoms with Crippen LogP contribution in [0.2, 0.25) is 0 Å². The molecule has 0 saturated carbocycles. The molecule has 1 N–H and O–H groups in total. The lowest BCUT2D eigenvalue weighted by atomic mass is 10.0. The number of nitriles is 1. The Bertz CT molecular complexity index is 560. The zero-order valence-corrected chi connectivity index (χ0v) is 9.74. The predicted molar refractivity (Wildman–Crippen MR) is 60.4 cm³/mol. The van der Waals surface area contributed by atoms with Gasteiger partial charge in [-0.2, -0.15) is 5.26 Å². The molecule has 18 heavy (non-hydrogen) atoms. The van der Waals surface area contributed by atoms with Crippen molar-refractivity contribution in [1.82, 2.24) is 4.90 Å². The molecule has 6 heteroatoms. The molecule has 0 aliphatic heterocycles. The first kappa shape index (κ1) is 13.6. The number of hydrogen-bond acceptors (Lipinski definition) is 3. The van der Waals surface area contributed by atoms with Crippen molar-refractivity contribution in [2.75, 3.05) is 14.1 Å². The van der Waals surface area contributed by atoms with Crippen LogP contribution in [0.4, 0.5) is 8.78 Å². The van der Waals surface area contributed by atoms with Crippen molar-refractivity contribution >= 4 is 11.5 Å². The summed E-state index contributed by atoms with van der Waals surface area (Å²) in [6, 6.07) is 2.86. The molecule has 0 fully saturated rings. The van der Waals surface area contributed by atoms with Crippen molar-refractivity contribution in [3.8, 4) is 6.07 Å². The first-order chi connectivity index (χ1) is 8.36. The third-order valence-electron chi connectivity index (χ3n) is 2.09. The van der Waals surface area contributed by atoms with E-state index in [0.29, 0.717) is 12.1 Å². The minimum atomic E-state index is -1.38. The third-order valence-corrected chi connectivity index (χ3v) is 2.09. The van der Waals surface area contributed by atoms with Crippen molar-refractivity contribution in [2.24, 2.45) is 0 Å². The summed E-state index contributed by atoms with van der Waals surface area (Å²) in [6.07, 6.45) is 1.16. The topological polar surface area (TPSA) is 64.3 Å². The van der Waals surface area contributed by atoms with Crippen LogP contribution in [0.1, 0.15) is 11.1 Å². The van der Waals surface area contributed by atoms with E-state index in [2.05, 4.69) is 0 Å². The van der Waals surface area contributed by atoms with Crippen LogP contribution in [-0.4, -0.2) is 30.1 Å². The maximum absolute atomic E-state index is 13.6. The van der Waals surface area contributed by atoms with Gasteiger partial charge in [0.05, 0.1) is 11.1 Å². The molecule has 4 nitrogen and oxygen atoms in total. The Morgan fingerprint density at radius 1 is 1.39 bits per heavy atom. The van der Waals surface area contributed by atoms with Crippen LogP contribution in [-0.2, 0) is 4.79 Å². The smallest absolute Gasteiger partial charge is 0.337 e. The minimum Gasteiger partial charge on any atom is -0.478 e.